The molecule has 0 unspecified atom stereocenters. The summed E-state index contributed by atoms with van der Waals surface area (Å²) in [7, 11) is 0. The summed E-state index contributed by atoms with van der Waals surface area (Å²) in [6, 6.07) is 7.85. The first-order valence-electron chi connectivity index (χ1n) is 6.16. The summed E-state index contributed by atoms with van der Waals surface area (Å²) < 4.78 is 7.62. The Kier molecular flexibility index (Phi) is 2.91. The monoisotopic (exact) mass is 273 g/mol. The van der Waals surface area contributed by atoms with Crippen LogP contribution >= 0.6 is 11.3 Å². The number of hydrogen-bond donors (Lipinski definition) is 1. The summed E-state index contributed by atoms with van der Waals surface area (Å²) in [5.41, 5.74) is 9.07. The number of ether oxygens (including phenoxy) is 1. The third-order valence-electron chi connectivity index (χ3n) is 3.01. The third-order valence-corrected chi connectivity index (χ3v) is 3.96. The lowest BCUT2D eigenvalue weighted by Gasteiger charge is -2.08. The molecule has 98 valence electrons. The topological polar surface area (TPSA) is 52.5 Å². The average molecular weight is 273 g/mol. The Labute approximate surface area is 115 Å². The summed E-state index contributed by atoms with van der Waals surface area (Å²) in [6.45, 7) is 4.62. The molecule has 0 aliphatic heterocycles. The van der Waals surface area contributed by atoms with Crippen LogP contribution in [0.1, 0.15) is 12.6 Å². The molecule has 3 rings (SSSR count). The number of benzene rings is 1. The van der Waals surface area contributed by atoms with E-state index in [4.69, 9.17) is 10.5 Å². The maximum absolute atomic E-state index is 6.23. The number of imidazole rings is 1. The van der Waals surface area contributed by atoms with Crippen LogP contribution in [0.4, 0.5) is 5.82 Å². The van der Waals surface area contributed by atoms with E-state index in [1.54, 1.807) is 11.3 Å². The van der Waals surface area contributed by atoms with Crippen LogP contribution < -0.4 is 10.5 Å². The number of nitrogens with zero attached hydrogens (tertiary/aromatic N) is 2. The van der Waals surface area contributed by atoms with E-state index in [-0.39, 0.29) is 0 Å². The van der Waals surface area contributed by atoms with E-state index in [1.165, 1.54) is 0 Å². The molecule has 1 aromatic carbocycles. The zero-order valence-corrected chi connectivity index (χ0v) is 11.7. The molecule has 0 radical (unpaired) electrons. The minimum atomic E-state index is 0.623. The highest BCUT2D eigenvalue weighted by atomic mass is 32.1. The number of rotatable bonds is 3. The fraction of sp³-hybridized carbons (Fsp3) is 0.214. The lowest BCUT2D eigenvalue weighted by atomic mass is 10.1. The van der Waals surface area contributed by atoms with Crippen LogP contribution in [0.2, 0.25) is 0 Å². The van der Waals surface area contributed by atoms with Gasteiger partial charge in [-0.3, -0.25) is 4.40 Å². The van der Waals surface area contributed by atoms with Crippen LogP contribution in [0.25, 0.3) is 16.2 Å². The van der Waals surface area contributed by atoms with Crippen LogP contribution in [-0.4, -0.2) is 16.0 Å². The van der Waals surface area contributed by atoms with Crippen molar-refractivity contribution in [2.75, 3.05) is 12.3 Å². The highest BCUT2D eigenvalue weighted by Crippen LogP contribution is 2.35. The summed E-state index contributed by atoms with van der Waals surface area (Å²) in [5.74, 6) is 1.49. The van der Waals surface area contributed by atoms with Crippen molar-refractivity contribution in [2.45, 2.75) is 13.8 Å². The Morgan fingerprint density at radius 3 is 2.89 bits per heavy atom. The fourth-order valence-corrected chi connectivity index (χ4v) is 3.04. The molecular formula is C14H15N3OS. The van der Waals surface area contributed by atoms with Gasteiger partial charge >= 0.3 is 0 Å². The molecule has 0 saturated carbocycles. The number of hydrogen-bond acceptors (Lipinski definition) is 4. The molecule has 0 saturated heterocycles. The number of anilines is 1. The highest BCUT2D eigenvalue weighted by Gasteiger charge is 2.17. The number of fused-ring (bicyclic) bond motifs is 1. The Morgan fingerprint density at radius 1 is 1.37 bits per heavy atom. The number of aromatic nitrogens is 2. The zero-order chi connectivity index (χ0) is 13.4. The van der Waals surface area contributed by atoms with E-state index in [0.29, 0.717) is 12.4 Å². The second kappa shape index (κ2) is 4.59. The van der Waals surface area contributed by atoms with Crippen molar-refractivity contribution in [3.05, 3.63) is 35.3 Å². The molecule has 0 spiro atoms. The van der Waals surface area contributed by atoms with Gasteiger partial charge in [0.2, 0.25) is 0 Å². The van der Waals surface area contributed by atoms with E-state index < -0.39 is 0 Å². The van der Waals surface area contributed by atoms with Crippen LogP contribution in [0, 0.1) is 6.92 Å². The van der Waals surface area contributed by atoms with Gasteiger partial charge in [0.05, 0.1) is 6.61 Å². The normalized spacial score (nSPS) is 11.1. The molecular weight excluding hydrogens is 258 g/mol. The quantitative estimate of drug-likeness (QED) is 0.796. The predicted molar refractivity (Wildman–Crippen MR) is 78.8 cm³/mol. The maximum Gasteiger partial charge on any atom is 0.196 e. The van der Waals surface area contributed by atoms with Gasteiger partial charge in [0.1, 0.15) is 17.3 Å². The van der Waals surface area contributed by atoms with Gasteiger partial charge in [-0.25, -0.2) is 4.98 Å². The van der Waals surface area contributed by atoms with Gasteiger partial charge in [-0.2, -0.15) is 0 Å². The Morgan fingerprint density at radius 2 is 2.16 bits per heavy atom. The molecule has 0 fully saturated rings. The van der Waals surface area contributed by atoms with Crippen molar-refractivity contribution in [2.24, 2.45) is 0 Å². The first-order valence-corrected chi connectivity index (χ1v) is 7.04. The van der Waals surface area contributed by atoms with Gasteiger partial charge in [0, 0.05) is 16.6 Å². The van der Waals surface area contributed by atoms with Gasteiger partial charge in [-0.15, -0.1) is 11.3 Å². The van der Waals surface area contributed by atoms with E-state index >= 15 is 0 Å². The summed E-state index contributed by atoms with van der Waals surface area (Å²) >= 11 is 1.59. The summed E-state index contributed by atoms with van der Waals surface area (Å²) in [5, 5.41) is 2.05. The second-order valence-corrected chi connectivity index (χ2v) is 5.11. The van der Waals surface area contributed by atoms with Gasteiger partial charge in [-0.1, -0.05) is 12.1 Å². The molecule has 19 heavy (non-hydrogen) atoms. The van der Waals surface area contributed by atoms with Gasteiger partial charge in [-0.05, 0) is 26.0 Å². The van der Waals surface area contributed by atoms with Crippen molar-refractivity contribution < 1.29 is 4.74 Å². The smallest absolute Gasteiger partial charge is 0.196 e. The van der Waals surface area contributed by atoms with Crippen molar-refractivity contribution >= 4 is 22.1 Å². The van der Waals surface area contributed by atoms with Crippen molar-refractivity contribution in [3.8, 4) is 17.0 Å². The predicted octanol–water partition coefficient (Wildman–Crippen LogP) is 3.35. The minimum absolute atomic E-state index is 0.623. The van der Waals surface area contributed by atoms with E-state index in [9.17, 15) is 0 Å². The lowest BCUT2D eigenvalue weighted by molar-refractivity contribution is 0.341. The Hall–Kier alpha value is -2.01. The van der Waals surface area contributed by atoms with Gasteiger partial charge in [0.25, 0.3) is 0 Å². The van der Waals surface area contributed by atoms with Gasteiger partial charge in [0.15, 0.2) is 4.96 Å². The largest absolute Gasteiger partial charge is 0.493 e. The Balaban J connectivity index is 2.22. The SMILES string of the molecule is CCOc1ccccc1-c1nc2scc(C)n2c1N. The lowest BCUT2D eigenvalue weighted by Crippen LogP contribution is -1.97. The summed E-state index contributed by atoms with van der Waals surface area (Å²) in [4.78, 5) is 5.54. The van der Waals surface area contributed by atoms with Gasteiger partial charge < -0.3 is 10.5 Å². The molecule has 2 aromatic heterocycles. The number of para-hydroxylation sites is 1. The second-order valence-electron chi connectivity index (χ2n) is 4.27. The maximum atomic E-state index is 6.23. The van der Waals surface area contributed by atoms with Crippen LogP contribution in [0.5, 0.6) is 5.75 Å². The number of nitrogen functional groups attached to an aromatic ring is 1. The molecule has 0 bridgehead atoms. The average Bonchev–Trinajstić information content (AvgIpc) is 2.93. The number of aryl methyl sites for hydroxylation is 1. The van der Waals surface area contributed by atoms with E-state index in [0.717, 1.165) is 27.7 Å². The van der Waals surface area contributed by atoms with Crippen LogP contribution in [0.15, 0.2) is 29.6 Å². The molecule has 0 atom stereocenters. The summed E-state index contributed by atoms with van der Waals surface area (Å²) in [6.07, 6.45) is 0. The standard InChI is InChI=1S/C14H15N3OS/c1-3-18-11-7-5-4-6-10(11)12-13(15)17-9(2)8-19-14(17)16-12/h4-8H,3,15H2,1-2H3. The molecule has 4 nitrogen and oxygen atoms in total. The Bertz CT molecular complexity index is 729. The number of thiazole rings is 1. The van der Waals surface area contributed by atoms with Crippen LogP contribution in [-0.2, 0) is 0 Å². The highest BCUT2D eigenvalue weighted by molar-refractivity contribution is 7.15. The molecule has 2 heterocycles. The molecule has 0 aliphatic rings. The molecule has 2 N–H and O–H groups in total. The van der Waals surface area contributed by atoms with E-state index in [2.05, 4.69) is 10.4 Å². The van der Waals surface area contributed by atoms with Crippen molar-refractivity contribution in [1.82, 2.24) is 9.38 Å². The fourth-order valence-electron chi connectivity index (χ4n) is 2.16. The van der Waals surface area contributed by atoms with Crippen molar-refractivity contribution in [1.29, 1.82) is 0 Å². The molecule has 0 amide bonds. The molecule has 3 aromatic rings. The third kappa shape index (κ3) is 1.86. The zero-order valence-electron chi connectivity index (χ0n) is 10.9. The van der Waals surface area contributed by atoms with Crippen molar-refractivity contribution in [3.63, 3.8) is 0 Å². The first-order chi connectivity index (χ1) is 9.22. The number of nitrogens with two attached hydrogens (primary N) is 1. The minimum Gasteiger partial charge on any atom is -0.493 e. The first kappa shape index (κ1) is 12.0. The van der Waals surface area contributed by atoms with Crippen LogP contribution in [0.3, 0.4) is 0 Å². The van der Waals surface area contributed by atoms with E-state index in [1.807, 2.05) is 42.5 Å². The molecule has 0 aliphatic carbocycles. The molecule has 5 heteroatoms.